The molecule has 1 unspecified atom stereocenters. The van der Waals surface area contributed by atoms with Crippen molar-refractivity contribution in [1.29, 1.82) is 0 Å². The Hall–Kier alpha value is -2.01. The van der Waals surface area contributed by atoms with Crippen molar-refractivity contribution in [3.8, 4) is 11.5 Å². The molecule has 0 aromatic heterocycles. The molecule has 23 heavy (non-hydrogen) atoms. The maximum atomic E-state index is 12.1. The van der Waals surface area contributed by atoms with Crippen LogP contribution < -0.4 is 14.8 Å². The molecule has 5 heteroatoms. The summed E-state index contributed by atoms with van der Waals surface area (Å²) in [5.74, 6) is 0.995. The number of ether oxygens (including phenoxy) is 2. The van der Waals surface area contributed by atoms with E-state index in [4.69, 9.17) is 9.47 Å². The normalized spacial score (nSPS) is 11.7. The molecule has 0 radical (unpaired) electrons. The van der Waals surface area contributed by atoms with Crippen LogP contribution in [0.15, 0.2) is 46.9 Å². The highest BCUT2D eigenvalue weighted by atomic mass is 79.9. The number of hydrogen-bond donors (Lipinski definition) is 1. The fourth-order valence-corrected chi connectivity index (χ4v) is 2.85. The molecule has 0 aliphatic heterocycles. The van der Waals surface area contributed by atoms with Gasteiger partial charge in [0.1, 0.15) is 0 Å². The van der Waals surface area contributed by atoms with E-state index in [1.54, 1.807) is 13.2 Å². The number of carbonyl (C=O) groups is 1. The lowest BCUT2D eigenvalue weighted by molar-refractivity contribution is -0.123. The second-order valence-corrected chi connectivity index (χ2v) is 6.11. The van der Waals surface area contributed by atoms with Crippen molar-refractivity contribution in [3.63, 3.8) is 0 Å². The van der Waals surface area contributed by atoms with E-state index >= 15 is 0 Å². The number of nitrogens with one attached hydrogen (secondary N) is 1. The van der Waals surface area contributed by atoms with Gasteiger partial charge in [0, 0.05) is 4.47 Å². The van der Waals surface area contributed by atoms with Crippen molar-refractivity contribution in [3.05, 3.63) is 58.1 Å². The first-order valence-electron chi connectivity index (χ1n) is 7.32. The molecule has 0 saturated carbocycles. The number of methoxy groups -OCH3 is 1. The quantitative estimate of drug-likeness (QED) is 0.826. The fraction of sp³-hybridized carbons (Fsp3) is 0.278. The van der Waals surface area contributed by atoms with Crippen LogP contribution in [0.2, 0.25) is 0 Å². The third-order valence-corrected chi connectivity index (χ3v) is 4.15. The summed E-state index contributed by atoms with van der Waals surface area (Å²) in [5.41, 5.74) is 2.09. The Morgan fingerprint density at radius 3 is 2.65 bits per heavy atom. The van der Waals surface area contributed by atoms with E-state index < -0.39 is 0 Å². The van der Waals surface area contributed by atoms with Crippen LogP contribution in [0.25, 0.3) is 0 Å². The van der Waals surface area contributed by atoms with Crippen LogP contribution in [0.5, 0.6) is 11.5 Å². The van der Waals surface area contributed by atoms with E-state index in [1.165, 1.54) is 0 Å². The number of carbonyl (C=O) groups excluding carboxylic acids is 1. The maximum Gasteiger partial charge on any atom is 0.258 e. The molecular formula is C18H20BrNO3. The third-order valence-electron chi connectivity index (χ3n) is 3.43. The Balaban J connectivity index is 1.94. The Bertz CT molecular complexity index is 688. The average molecular weight is 378 g/mol. The fourth-order valence-electron chi connectivity index (χ4n) is 2.22. The van der Waals surface area contributed by atoms with E-state index in [9.17, 15) is 4.79 Å². The van der Waals surface area contributed by atoms with Crippen molar-refractivity contribution in [2.75, 3.05) is 13.7 Å². The van der Waals surface area contributed by atoms with Crippen LogP contribution >= 0.6 is 15.9 Å². The van der Waals surface area contributed by atoms with Gasteiger partial charge in [0.05, 0.1) is 13.2 Å². The van der Waals surface area contributed by atoms with E-state index in [0.717, 1.165) is 15.6 Å². The Morgan fingerprint density at radius 2 is 1.96 bits per heavy atom. The van der Waals surface area contributed by atoms with Gasteiger partial charge in [-0.25, -0.2) is 0 Å². The lowest BCUT2D eigenvalue weighted by atomic mass is 10.1. The highest BCUT2D eigenvalue weighted by Crippen LogP contribution is 2.27. The predicted molar refractivity (Wildman–Crippen MR) is 93.9 cm³/mol. The second kappa shape index (κ2) is 8.02. The van der Waals surface area contributed by atoms with Gasteiger partial charge in [-0.05, 0) is 43.2 Å². The van der Waals surface area contributed by atoms with Crippen molar-refractivity contribution >= 4 is 21.8 Å². The van der Waals surface area contributed by atoms with Crippen molar-refractivity contribution in [2.24, 2.45) is 0 Å². The second-order valence-electron chi connectivity index (χ2n) is 5.25. The number of rotatable bonds is 6. The predicted octanol–water partition coefficient (Wildman–Crippen LogP) is 4.02. The van der Waals surface area contributed by atoms with Crippen LogP contribution in [0.3, 0.4) is 0 Å². The molecular weight excluding hydrogens is 358 g/mol. The van der Waals surface area contributed by atoms with Gasteiger partial charge in [-0.1, -0.05) is 40.2 Å². The van der Waals surface area contributed by atoms with Crippen molar-refractivity contribution < 1.29 is 14.3 Å². The third kappa shape index (κ3) is 4.73. The van der Waals surface area contributed by atoms with Gasteiger partial charge in [0.15, 0.2) is 18.1 Å². The molecule has 2 rings (SSSR count). The average Bonchev–Trinajstić information content (AvgIpc) is 2.53. The Labute approximate surface area is 144 Å². The summed E-state index contributed by atoms with van der Waals surface area (Å²) < 4.78 is 11.8. The van der Waals surface area contributed by atoms with Gasteiger partial charge in [-0.3, -0.25) is 4.79 Å². The highest BCUT2D eigenvalue weighted by molar-refractivity contribution is 9.10. The SMILES string of the molecule is COc1cc(C)ccc1OCC(=O)NC(C)c1ccccc1Br. The standard InChI is InChI=1S/C18H20BrNO3/c1-12-8-9-16(17(10-12)22-3)23-11-18(21)20-13(2)14-6-4-5-7-15(14)19/h4-10,13H,11H2,1-3H3,(H,20,21). The number of amides is 1. The molecule has 0 aliphatic rings. The highest BCUT2D eigenvalue weighted by Gasteiger charge is 2.13. The molecule has 1 amide bonds. The van der Waals surface area contributed by atoms with Crippen molar-refractivity contribution in [1.82, 2.24) is 5.32 Å². The van der Waals surface area contributed by atoms with Gasteiger partial charge in [-0.2, -0.15) is 0 Å². The molecule has 4 nitrogen and oxygen atoms in total. The summed E-state index contributed by atoms with van der Waals surface area (Å²) in [5, 5.41) is 2.92. The lowest BCUT2D eigenvalue weighted by Crippen LogP contribution is -2.31. The lowest BCUT2D eigenvalue weighted by Gasteiger charge is -2.16. The topological polar surface area (TPSA) is 47.6 Å². The van der Waals surface area contributed by atoms with Gasteiger partial charge < -0.3 is 14.8 Å². The van der Waals surface area contributed by atoms with Gasteiger partial charge in [0.25, 0.3) is 5.91 Å². The number of aryl methyl sites for hydroxylation is 1. The minimum atomic E-state index is -0.184. The molecule has 0 heterocycles. The zero-order valence-electron chi connectivity index (χ0n) is 13.4. The molecule has 2 aromatic rings. The monoisotopic (exact) mass is 377 g/mol. The van der Waals surface area contributed by atoms with E-state index in [-0.39, 0.29) is 18.6 Å². The summed E-state index contributed by atoms with van der Waals surface area (Å²) in [4.78, 5) is 12.1. The van der Waals surface area contributed by atoms with Gasteiger partial charge in [-0.15, -0.1) is 0 Å². The van der Waals surface area contributed by atoms with Gasteiger partial charge >= 0.3 is 0 Å². The van der Waals surface area contributed by atoms with Crippen molar-refractivity contribution in [2.45, 2.75) is 19.9 Å². The molecule has 0 aliphatic carbocycles. The summed E-state index contributed by atoms with van der Waals surface area (Å²) in [6.07, 6.45) is 0. The molecule has 1 N–H and O–H groups in total. The Morgan fingerprint density at radius 1 is 1.22 bits per heavy atom. The Kier molecular flexibility index (Phi) is 6.04. The minimum Gasteiger partial charge on any atom is -0.493 e. The minimum absolute atomic E-state index is 0.0613. The first kappa shape index (κ1) is 17.3. The number of hydrogen-bond acceptors (Lipinski definition) is 3. The first-order chi connectivity index (χ1) is 11.0. The van der Waals surface area contributed by atoms with Crippen LogP contribution in [0.1, 0.15) is 24.1 Å². The van der Waals surface area contributed by atoms with E-state index in [0.29, 0.717) is 11.5 Å². The van der Waals surface area contributed by atoms with Crippen LogP contribution in [-0.2, 0) is 4.79 Å². The van der Waals surface area contributed by atoms with Crippen LogP contribution in [-0.4, -0.2) is 19.6 Å². The smallest absolute Gasteiger partial charge is 0.258 e. The summed E-state index contributed by atoms with van der Waals surface area (Å²) in [6, 6.07) is 13.3. The molecule has 0 spiro atoms. The molecule has 0 bridgehead atoms. The van der Waals surface area contributed by atoms with E-state index in [2.05, 4.69) is 21.2 Å². The summed E-state index contributed by atoms with van der Waals surface area (Å²) in [7, 11) is 1.58. The van der Waals surface area contributed by atoms with E-state index in [1.807, 2.05) is 50.2 Å². The zero-order chi connectivity index (χ0) is 16.8. The van der Waals surface area contributed by atoms with Gasteiger partial charge in [0.2, 0.25) is 0 Å². The maximum absolute atomic E-state index is 12.1. The number of benzene rings is 2. The molecule has 122 valence electrons. The molecule has 0 fully saturated rings. The molecule has 0 saturated heterocycles. The first-order valence-corrected chi connectivity index (χ1v) is 8.11. The number of halogens is 1. The largest absolute Gasteiger partial charge is 0.493 e. The summed E-state index contributed by atoms with van der Waals surface area (Å²) >= 11 is 3.49. The van der Waals surface area contributed by atoms with Crippen LogP contribution in [0.4, 0.5) is 0 Å². The molecule has 2 aromatic carbocycles. The van der Waals surface area contributed by atoms with Crippen LogP contribution in [0, 0.1) is 6.92 Å². The summed E-state index contributed by atoms with van der Waals surface area (Å²) in [6.45, 7) is 3.84. The zero-order valence-corrected chi connectivity index (χ0v) is 15.0. The molecule has 1 atom stereocenters.